The molecule has 0 saturated heterocycles. The quantitative estimate of drug-likeness (QED) is 0.673. The second-order valence-electron chi connectivity index (χ2n) is 5.12. The molecule has 6 heteroatoms. The summed E-state index contributed by atoms with van der Waals surface area (Å²) in [5, 5.41) is 4.95. The number of nitrogens with two attached hydrogens (primary N) is 1. The fraction of sp³-hybridized carbons (Fsp3) is 0.400. The monoisotopic (exact) mass is 306 g/mol. The van der Waals surface area contributed by atoms with Crippen LogP contribution in [0.2, 0.25) is 5.02 Å². The van der Waals surface area contributed by atoms with Crippen molar-refractivity contribution in [2.45, 2.75) is 31.8 Å². The van der Waals surface area contributed by atoms with E-state index < -0.39 is 0 Å². The summed E-state index contributed by atoms with van der Waals surface area (Å²) in [4.78, 5) is 0. The third kappa shape index (κ3) is 2.52. The van der Waals surface area contributed by atoms with E-state index in [1.807, 2.05) is 29.8 Å². The zero-order chi connectivity index (χ0) is 14.8. The number of benzene rings is 1. The molecule has 1 aliphatic rings. The minimum atomic E-state index is -0.0926. The number of halogens is 1. The smallest absolute Gasteiger partial charge is 0.122 e. The SMILES string of the molecule is CCn1ncc(Cl)c1C(NN)C1CCOc2ccccc21. The van der Waals surface area contributed by atoms with Crippen molar-refractivity contribution in [2.75, 3.05) is 6.61 Å². The number of para-hydroxylation sites is 1. The standard InChI is InChI=1S/C15H19ClN4O/c1-2-20-15(12(16)9-18-20)14(19-17)11-7-8-21-13-6-4-3-5-10(11)13/h3-6,9,11,14,19H,2,7-8,17H2,1H3. The molecule has 2 heterocycles. The number of nitrogens with one attached hydrogen (secondary N) is 1. The molecule has 0 spiro atoms. The van der Waals surface area contributed by atoms with Crippen LogP contribution in [0.4, 0.5) is 0 Å². The number of ether oxygens (including phenoxy) is 1. The van der Waals surface area contributed by atoms with Crippen LogP contribution in [0, 0.1) is 0 Å². The Hall–Kier alpha value is -1.56. The highest BCUT2D eigenvalue weighted by Gasteiger charge is 2.32. The highest BCUT2D eigenvalue weighted by atomic mass is 35.5. The Morgan fingerprint density at radius 1 is 1.52 bits per heavy atom. The van der Waals surface area contributed by atoms with E-state index in [4.69, 9.17) is 22.2 Å². The molecule has 112 valence electrons. The number of hydrogen-bond donors (Lipinski definition) is 2. The molecule has 3 N–H and O–H groups in total. The van der Waals surface area contributed by atoms with Gasteiger partial charge in [-0.3, -0.25) is 16.0 Å². The van der Waals surface area contributed by atoms with E-state index in [9.17, 15) is 0 Å². The Morgan fingerprint density at radius 3 is 3.10 bits per heavy atom. The Bertz CT molecular complexity index is 628. The van der Waals surface area contributed by atoms with Crippen LogP contribution in [0.25, 0.3) is 0 Å². The number of hydrogen-bond acceptors (Lipinski definition) is 4. The number of fused-ring (bicyclic) bond motifs is 1. The molecule has 3 rings (SSSR count). The van der Waals surface area contributed by atoms with E-state index in [-0.39, 0.29) is 12.0 Å². The third-order valence-electron chi connectivity index (χ3n) is 4.01. The first kappa shape index (κ1) is 14.4. The molecule has 1 aromatic heterocycles. The topological polar surface area (TPSA) is 65.1 Å². The van der Waals surface area contributed by atoms with Crippen LogP contribution in [0.5, 0.6) is 5.75 Å². The summed E-state index contributed by atoms with van der Waals surface area (Å²) in [6.07, 6.45) is 2.56. The Morgan fingerprint density at radius 2 is 2.33 bits per heavy atom. The van der Waals surface area contributed by atoms with Gasteiger partial charge in [0.05, 0.1) is 29.6 Å². The zero-order valence-corrected chi connectivity index (χ0v) is 12.7. The second-order valence-corrected chi connectivity index (χ2v) is 5.53. The molecule has 0 aliphatic carbocycles. The fourth-order valence-electron chi connectivity index (χ4n) is 3.03. The van der Waals surface area contributed by atoms with Crippen molar-refractivity contribution in [1.29, 1.82) is 0 Å². The lowest BCUT2D eigenvalue weighted by Crippen LogP contribution is -2.36. The van der Waals surface area contributed by atoms with Crippen molar-refractivity contribution in [3.05, 3.63) is 46.7 Å². The van der Waals surface area contributed by atoms with Crippen LogP contribution in [0.3, 0.4) is 0 Å². The van der Waals surface area contributed by atoms with E-state index in [1.54, 1.807) is 6.20 Å². The van der Waals surface area contributed by atoms with Crippen molar-refractivity contribution in [3.63, 3.8) is 0 Å². The van der Waals surface area contributed by atoms with Crippen LogP contribution >= 0.6 is 11.6 Å². The molecule has 0 amide bonds. The summed E-state index contributed by atoms with van der Waals surface area (Å²) in [5.41, 5.74) is 5.02. The predicted molar refractivity (Wildman–Crippen MR) is 82.3 cm³/mol. The Labute approximate surface area is 129 Å². The van der Waals surface area contributed by atoms with Gasteiger partial charge in [0, 0.05) is 12.5 Å². The molecule has 0 radical (unpaired) electrons. The first-order chi connectivity index (χ1) is 10.3. The summed E-state index contributed by atoms with van der Waals surface area (Å²) in [7, 11) is 0. The summed E-state index contributed by atoms with van der Waals surface area (Å²) < 4.78 is 7.62. The summed E-state index contributed by atoms with van der Waals surface area (Å²) in [6.45, 7) is 3.47. The molecular formula is C15H19ClN4O. The summed E-state index contributed by atoms with van der Waals surface area (Å²) in [5.74, 6) is 6.99. The minimum absolute atomic E-state index is 0.0926. The van der Waals surface area contributed by atoms with E-state index >= 15 is 0 Å². The Kier molecular flexibility index (Phi) is 4.14. The van der Waals surface area contributed by atoms with Gasteiger partial charge >= 0.3 is 0 Å². The highest BCUT2D eigenvalue weighted by Crippen LogP contribution is 2.42. The van der Waals surface area contributed by atoms with Gasteiger partial charge in [-0.05, 0) is 25.0 Å². The van der Waals surface area contributed by atoms with Crippen molar-refractivity contribution in [1.82, 2.24) is 15.2 Å². The third-order valence-corrected chi connectivity index (χ3v) is 4.31. The molecule has 0 fully saturated rings. The molecule has 5 nitrogen and oxygen atoms in total. The largest absolute Gasteiger partial charge is 0.493 e. The van der Waals surface area contributed by atoms with Crippen LogP contribution in [-0.2, 0) is 6.54 Å². The fourth-order valence-corrected chi connectivity index (χ4v) is 3.29. The van der Waals surface area contributed by atoms with E-state index in [0.29, 0.717) is 11.6 Å². The molecule has 0 saturated carbocycles. The number of rotatable bonds is 4. The number of hydrazine groups is 1. The van der Waals surface area contributed by atoms with Gasteiger partial charge in [0.15, 0.2) is 0 Å². The molecule has 1 aliphatic heterocycles. The molecule has 2 aromatic rings. The summed E-state index contributed by atoms with van der Waals surface area (Å²) in [6, 6.07) is 7.99. The van der Waals surface area contributed by atoms with E-state index in [1.165, 1.54) is 0 Å². The average molecular weight is 307 g/mol. The second kappa shape index (κ2) is 6.05. The molecule has 0 bridgehead atoms. The maximum atomic E-state index is 6.33. The van der Waals surface area contributed by atoms with Crippen molar-refractivity contribution >= 4 is 11.6 Å². The number of nitrogens with zero attached hydrogens (tertiary/aromatic N) is 2. The molecule has 2 atom stereocenters. The van der Waals surface area contributed by atoms with Gasteiger partial charge in [0.1, 0.15) is 5.75 Å². The number of aromatic nitrogens is 2. The molecule has 2 unspecified atom stereocenters. The van der Waals surface area contributed by atoms with Crippen LogP contribution in [-0.4, -0.2) is 16.4 Å². The first-order valence-corrected chi connectivity index (χ1v) is 7.53. The average Bonchev–Trinajstić information content (AvgIpc) is 2.90. The van der Waals surface area contributed by atoms with Crippen molar-refractivity contribution in [3.8, 4) is 5.75 Å². The van der Waals surface area contributed by atoms with E-state index in [0.717, 1.165) is 30.0 Å². The van der Waals surface area contributed by atoms with Crippen LogP contribution in [0.15, 0.2) is 30.5 Å². The number of aryl methyl sites for hydroxylation is 1. The highest BCUT2D eigenvalue weighted by molar-refractivity contribution is 6.31. The molecule has 21 heavy (non-hydrogen) atoms. The van der Waals surface area contributed by atoms with E-state index in [2.05, 4.69) is 16.6 Å². The molecule has 1 aromatic carbocycles. The predicted octanol–water partition coefficient (Wildman–Crippen LogP) is 2.63. The van der Waals surface area contributed by atoms with Crippen LogP contribution < -0.4 is 16.0 Å². The lowest BCUT2D eigenvalue weighted by molar-refractivity contribution is 0.243. The maximum Gasteiger partial charge on any atom is 0.122 e. The lowest BCUT2D eigenvalue weighted by atomic mass is 9.85. The first-order valence-electron chi connectivity index (χ1n) is 7.15. The van der Waals surface area contributed by atoms with Gasteiger partial charge in [0.2, 0.25) is 0 Å². The Balaban J connectivity index is 2.03. The van der Waals surface area contributed by atoms with Gasteiger partial charge in [-0.15, -0.1) is 0 Å². The van der Waals surface area contributed by atoms with Crippen molar-refractivity contribution < 1.29 is 4.74 Å². The zero-order valence-electron chi connectivity index (χ0n) is 11.9. The van der Waals surface area contributed by atoms with Gasteiger partial charge in [-0.2, -0.15) is 5.10 Å². The lowest BCUT2D eigenvalue weighted by Gasteiger charge is -2.32. The minimum Gasteiger partial charge on any atom is -0.493 e. The normalized spacial score (nSPS) is 18.9. The maximum absolute atomic E-state index is 6.33. The van der Waals surface area contributed by atoms with Gasteiger partial charge in [-0.1, -0.05) is 29.8 Å². The van der Waals surface area contributed by atoms with Gasteiger partial charge < -0.3 is 4.74 Å². The van der Waals surface area contributed by atoms with Crippen molar-refractivity contribution in [2.24, 2.45) is 5.84 Å². The summed E-state index contributed by atoms with van der Waals surface area (Å²) >= 11 is 6.33. The van der Waals surface area contributed by atoms with Gasteiger partial charge in [0.25, 0.3) is 0 Å². The van der Waals surface area contributed by atoms with Gasteiger partial charge in [-0.25, -0.2) is 0 Å². The van der Waals surface area contributed by atoms with Crippen LogP contribution in [0.1, 0.15) is 36.6 Å². The molecular weight excluding hydrogens is 288 g/mol.